The van der Waals surface area contributed by atoms with E-state index in [2.05, 4.69) is 44.3 Å². The molecule has 3 aromatic rings. The van der Waals surface area contributed by atoms with Gasteiger partial charge in [0, 0.05) is 11.5 Å². The van der Waals surface area contributed by atoms with E-state index in [4.69, 9.17) is 5.10 Å². The average molecular weight is 363 g/mol. The number of benzene rings is 2. The maximum Gasteiger partial charge on any atom is 0.337 e. The highest BCUT2D eigenvalue weighted by molar-refractivity contribution is 5.95. The first-order chi connectivity index (χ1) is 12.7. The molecule has 5 heteroatoms. The van der Waals surface area contributed by atoms with Crippen molar-refractivity contribution in [1.29, 1.82) is 0 Å². The van der Waals surface area contributed by atoms with Crippen molar-refractivity contribution in [3.63, 3.8) is 0 Å². The summed E-state index contributed by atoms with van der Waals surface area (Å²) in [6.07, 6.45) is 0. The van der Waals surface area contributed by atoms with Crippen LogP contribution in [0.15, 0.2) is 48.5 Å². The second kappa shape index (κ2) is 6.91. The Bertz CT molecular complexity index is 997. The molecule has 27 heavy (non-hydrogen) atoms. The second-order valence-electron chi connectivity index (χ2n) is 7.84. The summed E-state index contributed by atoms with van der Waals surface area (Å²) < 4.78 is 1.86. The van der Waals surface area contributed by atoms with Crippen LogP contribution in [-0.2, 0) is 5.41 Å². The molecule has 0 aliphatic carbocycles. The lowest BCUT2D eigenvalue weighted by Gasteiger charge is -2.15. The summed E-state index contributed by atoms with van der Waals surface area (Å²) in [5.41, 5.74) is 4.77. The number of hydrogen-bond acceptors (Lipinski definition) is 3. The van der Waals surface area contributed by atoms with Gasteiger partial charge in [0.2, 0.25) is 0 Å². The number of para-hydroxylation sites is 1. The minimum Gasteiger partial charge on any atom is -0.478 e. The molecule has 0 fully saturated rings. The van der Waals surface area contributed by atoms with Crippen molar-refractivity contribution in [2.24, 2.45) is 0 Å². The van der Waals surface area contributed by atoms with Crippen molar-refractivity contribution in [2.45, 2.75) is 40.0 Å². The first kappa shape index (κ1) is 18.7. The zero-order chi connectivity index (χ0) is 19.8. The molecule has 0 aliphatic rings. The Balaban J connectivity index is 2.16. The third-order valence-corrected chi connectivity index (χ3v) is 4.49. The van der Waals surface area contributed by atoms with E-state index < -0.39 is 5.97 Å². The fourth-order valence-electron chi connectivity index (χ4n) is 2.88. The van der Waals surface area contributed by atoms with Gasteiger partial charge in [0.15, 0.2) is 0 Å². The van der Waals surface area contributed by atoms with Gasteiger partial charge in [-0.2, -0.15) is 5.10 Å². The molecule has 0 saturated carbocycles. The van der Waals surface area contributed by atoms with Gasteiger partial charge in [-0.05, 0) is 43.2 Å². The summed E-state index contributed by atoms with van der Waals surface area (Å²) in [6.45, 7) is 10.4. The van der Waals surface area contributed by atoms with Gasteiger partial charge in [-0.1, -0.05) is 45.0 Å². The Labute approximate surface area is 159 Å². The number of aryl methyl sites for hydroxylation is 2. The van der Waals surface area contributed by atoms with Crippen LogP contribution in [0.1, 0.15) is 48.0 Å². The van der Waals surface area contributed by atoms with Gasteiger partial charge in [-0.15, -0.1) is 0 Å². The number of rotatable bonds is 4. The molecule has 5 nitrogen and oxygen atoms in total. The van der Waals surface area contributed by atoms with E-state index in [0.717, 1.165) is 28.3 Å². The summed E-state index contributed by atoms with van der Waals surface area (Å²) >= 11 is 0. The lowest BCUT2D eigenvalue weighted by Crippen LogP contribution is -2.13. The number of carboxylic acid groups (broad SMARTS) is 1. The Morgan fingerprint density at radius 3 is 2.44 bits per heavy atom. The van der Waals surface area contributed by atoms with E-state index in [1.54, 1.807) is 18.2 Å². The van der Waals surface area contributed by atoms with Crippen molar-refractivity contribution in [2.75, 3.05) is 5.32 Å². The molecule has 0 aliphatic heterocycles. The van der Waals surface area contributed by atoms with Gasteiger partial charge >= 0.3 is 5.97 Å². The summed E-state index contributed by atoms with van der Waals surface area (Å²) in [7, 11) is 0. The molecular weight excluding hydrogens is 338 g/mol. The highest BCUT2D eigenvalue weighted by Gasteiger charge is 2.22. The molecule has 0 bridgehead atoms. The molecule has 2 N–H and O–H groups in total. The number of aromatic nitrogens is 2. The maximum absolute atomic E-state index is 11.6. The topological polar surface area (TPSA) is 67.2 Å². The zero-order valence-electron chi connectivity index (χ0n) is 16.4. The first-order valence-corrected chi connectivity index (χ1v) is 8.94. The second-order valence-corrected chi connectivity index (χ2v) is 7.84. The van der Waals surface area contributed by atoms with Crippen LogP contribution >= 0.6 is 0 Å². The van der Waals surface area contributed by atoms with Crippen LogP contribution in [0.4, 0.5) is 11.5 Å². The van der Waals surface area contributed by atoms with E-state index in [9.17, 15) is 9.90 Å². The van der Waals surface area contributed by atoms with Gasteiger partial charge in [0.1, 0.15) is 5.82 Å². The van der Waals surface area contributed by atoms with Crippen LogP contribution in [0.2, 0.25) is 0 Å². The van der Waals surface area contributed by atoms with Gasteiger partial charge < -0.3 is 10.4 Å². The van der Waals surface area contributed by atoms with E-state index in [1.165, 1.54) is 0 Å². The SMILES string of the molecule is Cc1ccc(C)c(-n2nc(C(C)(C)C)cc2Nc2ccccc2C(=O)O)c1. The molecule has 1 aromatic heterocycles. The lowest BCUT2D eigenvalue weighted by atomic mass is 9.92. The van der Waals surface area contributed by atoms with E-state index in [-0.39, 0.29) is 11.0 Å². The average Bonchev–Trinajstić information content (AvgIpc) is 3.01. The number of nitrogens with zero attached hydrogens (tertiary/aromatic N) is 2. The molecule has 0 atom stereocenters. The monoisotopic (exact) mass is 363 g/mol. The molecule has 0 radical (unpaired) electrons. The maximum atomic E-state index is 11.6. The minimum atomic E-state index is -0.966. The summed E-state index contributed by atoms with van der Waals surface area (Å²) in [6, 6.07) is 15.1. The fraction of sp³-hybridized carbons (Fsp3) is 0.273. The number of carbonyl (C=O) groups is 1. The number of aromatic carboxylic acids is 1. The zero-order valence-corrected chi connectivity index (χ0v) is 16.4. The third kappa shape index (κ3) is 3.87. The standard InChI is InChI=1S/C22H25N3O2/c1-14-10-11-15(2)18(12-14)25-20(13-19(24-25)22(3,4)5)23-17-9-7-6-8-16(17)21(26)27/h6-13,23H,1-5H3,(H,26,27). The van der Waals surface area contributed by atoms with E-state index >= 15 is 0 Å². The normalized spacial score (nSPS) is 11.4. The highest BCUT2D eigenvalue weighted by atomic mass is 16.4. The molecule has 1 heterocycles. The van der Waals surface area contributed by atoms with E-state index in [0.29, 0.717) is 5.69 Å². The molecule has 0 saturated heterocycles. The Kier molecular flexibility index (Phi) is 4.79. The van der Waals surface area contributed by atoms with Crippen LogP contribution in [-0.4, -0.2) is 20.9 Å². The quantitative estimate of drug-likeness (QED) is 0.666. The molecule has 0 spiro atoms. The van der Waals surface area contributed by atoms with Gasteiger partial charge in [0.05, 0.1) is 22.6 Å². The van der Waals surface area contributed by atoms with Crippen LogP contribution in [0.5, 0.6) is 0 Å². The summed E-state index contributed by atoms with van der Waals surface area (Å²) in [5.74, 6) is -0.228. The molecular formula is C22H25N3O2. The predicted molar refractivity (Wildman–Crippen MR) is 108 cm³/mol. The van der Waals surface area contributed by atoms with Crippen LogP contribution in [0.3, 0.4) is 0 Å². The Morgan fingerprint density at radius 1 is 1.07 bits per heavy atom. The Hall–Kier alpha value is -3.08. The molecule has 0 unspecified atom stereocenters. The number of nitrogens with one attached hydrogen (secondary N) is 1. The van der Waals surface area contributed by atoms with E-state index in [1.807, 2.05) is 30.7 Å². The van der Waals surface area contributed by atoms with Crippen molar-refractivity contribution in [1.82, 2.24) is 9.78 Å². The number of carboxylic acids is 1. The third-order valence-electron chi connectivity index (χ3n) is 4.49. The molecule has 140 valence electrons. The lowest BCUT2D eigenvalue weighted by molar-refractivity contribution is 0.0698. The van der Waals surface area contributed by atoms with Crippen molar-refractivity contribution < 1.29 is 9.90 Å². The van der Waals surface area contributed by atoms with Crippen molar-refractivity contribution in [3.05, 3.63) is 70.9 Å². The van der Waals surface area contributed by atoms with Crippen LogP contribution < -0.4 is 5.32 Å². The van der Waals surface area contributed by atoms with Gasteiger partial charge in [0.25, 0.3) is 0 Å². The van der Waals surface area contributed by atoms with Gasteiger partial charge in [-0.25, -0.2) is 9.48 Å². The summed E-state index contributed by atoms with van der Waals surface area (Å²) in [4.78, 5) is 11.6. The van der Waals surface area contributed by atoms with Gasteiger partial charge in [-0.3, -0.25) is 0 Å². The smallest absolute Gasteiger partial charge is 0.337 e. The molecule has 3 rings (SSSR count). The highest BCUT2D eigenvalue weighted by Crippen LogP contribution is 2.30. The minimum absolute atomic E-state index is 0.133. The van der Waals surface area contributed by atoms with Crippen LogP contribution in [0, 0.1) is 13.8 Å². The predicted octanol–water partition coefficient (Wildman–Crippen LogP) is 5.23. The largest absolute Gasteiger partial charge is 0.478 e. The number of anilines is 2. The molecule has 0 amide bonds. The number of hydrogen-bond donors (Lipinski definition) is 2. The fourth-order valence-corrected chi connectivity index (χ4v) is 2.88. The Morgan fingerprint density at radius 2 is 1.78 bits per heavy atom. The first-order valence-electron chi connectivity index (χ1n) is 8.94. The van der Waals surface area contributed by atoms with Crippen LogP contribution in [0.25, 0.3) is 5.69 Å². The summed E-state index contributed by atoms with van der Waals surface area (Å²) in [5, 5.41) is 17.6. The van der Waals surface area contributed by atoms with Crippen molar-refractivity contribution >= 4 is 17.5 Å². The van der Waals surface area contributed by atoms with Crippen molar-refractivity contribution in [3.8, 4) is 5.69 Å². The molecule has 2 aromatic carbocycles.